The van der Waals surface area contributed by atoms with Gasteiger partial charge in [-0.2, -0.15) is 0 Å². The summed E-state index contributed by atoms with van der Waals surface area (Å²) in [5, 5.41) is 5.89. The van der Waals surface area contributed by atoms with E-state index in [-0.39, 0.29) is 23.9 Å². The van der Waals surface area contributed by atoms with E-state index in [1.807, 2.05) is 60.7 Å². The van der Waals surface area contributed by atoms with E-state index < -0.39 is 23.8 Å². The third-order valence-corrected chi connectivity index (χ3v) is 6.39. The lowest BCUT2D eigenvalue weighted by Crippen LogP contribution is -2.59. The van der Waals surface area contributed by atoms with E-state index in [4.69, 9.17) is 4.74 Å². The average Bonchev–Trinajstić information content (AvgIpc) is 3.24. The molecule has 2 saturated heterocycles. The molecule has 2 fully saturated rings. The van der Waals surface area contributed by atoms with Crippen molar-refractivity contribution in [1.29, 1.82) is 0 Å². The maximum Gasteiger partial charge on any atom is 0.408 e. The molecular weight excluding hydrogens is 430 g/mol. The van der Waals surface area contributed by atoms with Crippen LogP contribution in [0.2, 0.25) is 0 Å². The molecule has 0 aliphatic carbocycles. The molecule has 34 heavy (non-hydrogen) atoms. The molecule has 3 atom stereocenters. The van der Waals surface area contributed by atoms with Crippen LogP contribution in [0, 0.1) is 0 Å². The van der Waals surface area contributed by atoms with Gasteiger partial charge in [-0.3, -0.25) is 9.59 Å². The number of rotatable bonds is 5. The summed E-state index contributed by atoms with van der Waals surface area (Å²) in [6.07, 6.45) is 2.07. The molecular formula is C27H33N3O4. The van der Waals surface area contributed by atoms with Gasteiger partial charge in [-0.05, 0) is 57.6 Å². The van der Waals surface area contributed by atoms with Crippen molar-refractivity contribution in [1.82, 2.24) is 15.5 Å². The number of carbonyl (C=O) groups is 3. The number of piperidine rings is 1. The summed E-state index contributed by atoms with van der Waals surface area (Å²) in [4.78, 5) is 40.8. The largest absolute Gasteiger partial charge is 0.444 e. The molecule has 180 valence electrons. The first-order valence-electron chi connectivity index (χ1n) is 11.9. The lowest BCUT2D eigenvalue weighted by Gasteiger charge is -2.38. The van der Waals surface area contributed by atoms with Gasteiger partial charge >= 0.3 is 6.09 Å². The van der Waals surface area contributed by atoms with Gasteiger partial charge < -0.3 is 20.3 Å². The Morgan fingerprint density at radius 2 is 1.47 bits per heavy atom. The summed E-state index contributed by atoms with van der Waals surface area (Å²) in [6.45, 7) is 5.34. The summed E-state index contributed by atoms with van der Waals surface area (Å²) in [6, 6.07) is 18.1. The van der Waals surface area contributed by atoms with Gasteiger partial charge in [0.05, 0.1) is 6.04 Å². The Bertz CT molecular complexity index is 980. The predicted molar refractivity (Wildman–Crippen MR) is 129 cm³/mol. The molecule has 0 spiro atoms. The van der Waals surface area contributed by atoms with Crippen molar-refractivity contribution in [2.24, 2.45) is 0 Å². The summed E-state index contributed by atoms with van der Waals surface area (Å²) in [5.74, 6) is -0.387. The third-order valence-electron chi connectivity index (χ3n) is 6.39. The quantitative estimate of drug-likeness (QED) is 0.703. The van der Waals surface area contributed by atoms with Crippen LogP contribution in [-0.2, 0) is 14.3 Å². The molecule has 2 aromatic rings. The second-order valence-corrected chi connectivity index (χ2v) is 10.0. The van der Waals surface area contributed by atoms with Crippen LogP contribution in [-0.4, -0.2) is 46.5 Å². The van der Waals surface area contributed by atoms with Crippen LogP contribution < -0.4 is 10.6 Å². The minimum absolute atomic E-state index is 0.0202. The first-order chi connectivity index (χ1) is 16.2. The standard InChI is InChI=1S/C27H33N3O4/c1-27(2,3)34-26(33)28-21-16-14-20-15-17-22(30(20)25(21)32)24(31)29-23(18-10-6-4-7-11-18)19-12-8-5-9-13-19/h4-13,20-23H,14-17H2,1-3H3,(H,28,33)(H,29,31)/t20?,21-,22-/m0/s1. The van der Waals surface area contributed by atoms with Gasteiger partial charge in [0.15, 0.2) is 0 Å². The summed E-state index contributed by atoms with van der Waals surface area (Å²) < 4.78 is 5.32. The molecule has 2 aliphatic rings. The highest BCUT2D eigenvalue weighted by molar-refractivity contribution is 5.93. The van der Waals surface area contributed by atoms with Gasteiger partial charge in [0.25, 0.3) is 0 Å². The Morgan fingerprint density at radius 1 is 0.912 bits per heavy atom. The second kappa shape index (κ2) is 9.87. The van der Waals surface area contributed by atoms with E-state index in [0.717, 1.165) is 24.0 Å². The first kappa shape index (κ1) is 23.8. The molecule has 2 N–H and O–H groups in total. The number of nitrogens with one attached hydrogen (secondary N) is 2. The van der Waals surface area contributed by atoms with Crippen molar-refractivity contribution in [2.45, 2.75) is 76.2 Å². The molecule has 0 radical (unpaired) electrons. The Morgan fingerprint density at radius 3 is 2.03 bits per heavy atom. The number of benzene rings is 2. The van der Waals surface area contributed by atoms with Crippen LogP contribution in [0.25, 0.3) is 0 Å². The van der Waals surface area contributed by atoms with Gasteiger partial charge in [-0.15, -0.1) is 0 Å². The summed E-state index contributed by atoms with van der Waals surface area (Å²) >= 11 is 0. The highest BCUT2D eigenvalue weighted by Crippen LogP contribution is 2.33. The van der Waals surface area contributed by atoms with E-state index in [1.165, 1.54) is 0 Å². The molecule has 3 amide bonds. The molecule has 2 aromatic carbocycles. The summed E-state index contributed by atoms with van der Waals surface area (Å²) in [7, 11) is 0. The smallest absolute Gasteiger partial charge is 0.408 e. The molecule has 1 unspecified atom stereocenters. The monoisotopic (exact) mass is 463 g/mol. The molecule has 0 aromatic heterocycles. The van der Waals surface area contributed by atoms with Crippen molar-refractivity contribution >= 4 is 17.9 Å². The fourth-order valence-corrected chi connectivity index (χ4v) is 4.89. The summed E-state index contributed by atoms with van der Waals surface area (Å²) in [5.41, 5.74) is 1.31. The Kier molecular flexibility index (Phi) is 6.91. The zero-order valence-electron chi connectivity index (χ0n) is 20.0. The molecule has 2 heterocycles. The molecule has 7 heteroatoms. The highest BCUT2D eigenvalue weighted by atomic mass is 16.6. The minimum Gasteiger partial charge on any atom is -0.444 e. The van der Waals surface area contributed by atoms with Gasteiger partial charge in [-0.25, -0.2) is 4.79 Å². The second-order valence-electron chi connectivity index (χ2n) is 10.0. The van der Waals surface area contributed by atoms with Crippen molar-refractivity contribution in [3.05, 3.63) is 71.8 Å². The van der Waals surface area contributed by atoms with E-state index in [2.05, 4.69) is 10.6 Å². The maximum absolute atomic E-state index is 13.5. The molecule has 7 nitrogen and oxygen atoms in total. The van der Waals surface area contributed by atoms with Crippen LogP contribution in [0.1, 0.15) is 63.6 Å². The zero-order chi connectivity index (χ0) is 24.3. The van der Waals surface area contributed by atoms with Crippen LogP contribution in [0.3, 0.4) is 0 Å². The SMILES string of the molecule is CC(C)(C)OC(=O)N[C@H]1CCC2CC[C@@H](C(=O)NC(c3ccccc3)c3ccccc3)N2C1=O. The number of amides is 3. The van der Waals surface area contributed by atoms with Crippen molar-refractivity contribution in [2.75, 3.05) is 0 Å². The molecule has 0 saturated carbocycles. The van der Waals surface area contributed by atoms with E-state index >= 15 is 0 Å². The van der Waals surface area contributed by atoms with Crippen LogP contribution in [0.5, 0.6) is 0 Å². The third kappa shape index (κ3) is 5.41. The Labute approximate surface area is 200 Å². The first-order valence-corrected chi connectivity index (χ1v) is 11.9. The molecule has 0 bridgehead atoms. The fraction of sp³-hybridized carbons (Fsp3) is 0.444. The van der Waals surface area contributed by atoms with E-state index in [9.17, 15) is 14.4 Å². The lowest BCUT2D eigenvalue weighted by molar-refractivity contribution is -0.144. The fourth-order valence-electron chi connectivity index (χ4n) is 4.89. The highest BCUT2D eigenvalue weighted by Gasteiger charge is 2.46. The van der Waals surface area contributed by atoms with E-state index in [1.54, 1.807) is 25.7 Å². The Balaban J connectivity index is 1.49. The van der Waals surface area contributed by atoms with E-state index in [0.29, 0.717) is 12.8 Å². The van der Waals surface area contributed by atoms with Gasteiger partial charge in [0, 0.05) is 6.04 Å². The maximum atomic E-state index is 13.5. The van der Waals surface area contributed by atoms with Gasteiger partial charge in [0.2, 0.25) is 11.8 Å². The number of hydrogen-bond acceptors (Lipinski definition) is 4. The van der Waals surface area contributed by atoms with Crippen LogP contribution in [0.15, 0.2) is 60.7 Å². The normalized spacial score (nSPS) is 22.3. The number of alkyl carbamates (subject to hydrolysis) is 1. The van der Waals surface area contributed by atoms with Gasteiger partial charge in [0.1, 0.15) is 17.7 Å². The lowest BCUT2D eigenvalue weighted by atomic mass is 9.97. The topological polar surface area (TPSA) is 87.7 Å². The van der Waals surface area contributed by atoms with Gasteiger partial charge in [-0.1, -0.05) is 60.7 Å². The van der Waals surface area contributed by atoms with Crippen molar-refractivity contribution in [3.63, 3.8) is 0 Å². The van der Waals surface area contributed by atoms with Crippen molar-refractivity contribution in [3.8, 4) is 0 Å². The van der Waals surface area contributed by atoms with Crippen molar-refractivity contribution < 1.29 is 19.1 Å². The molecule has 4 rings (SSSR count). The number of nitrogens with zero attached hydrogens (tertiary/aromatic N) is 1. The Hall–Kier alpha value is -3.35. The number of hydrogen-bond donors (Lipinski definition) is 2. The van der Waals surface area contributed by atoms with Crippen LogP contribution in [0.4, 0.5) is 4.79 Å². The number of ether oxygens (including phenoxy) is 1. The zero-order valence-corrected chi connectivity index (χ0v) is 20.0. The number of carbonyl (C=O) groups excluding carboxylic acids is 3. The average molecular weight is 464 g/mol. The minimum atomic E-state index is -0.682. The van der Waals surface area contributed by atoms with Crippen LogP contribution >= 0.6 is 0 Å². The predicted octanol–water partition coefficient (Wildman–Crippen LogP) is 3.94. The number of fused-ring (bicyclic) bond motifs is 1. The molecule has 2 aliphatic heterocycles.